The zero-order valence-corrected chi connectivity index (χ0v) is 19.6. The van der Waals surface area contributed by atoms with Crippen molar-refractivity contribution in [2.45, 2.75) is 58.1 Å². The molecule has 178 valence electrons. The molecule has 0 aliphatic rings. The van der Waals surface area contributed by atoms with Gasteiger partial charge in [0.25, 0.3) is 0 Å². The molecule has 0 bridgehead atoms. The Balaban J connectivity index is 1.58. The van der Waals surface area contributed by atoms with Gasteiger partial charge in [0, 0.05) is 36.4 Å². The second-order valence-electron chi connectivity index (χ2n) is 8.05. The summed E-state index contributed by atoms with van der Waals surface area (Å²) in [5.74, 6) is 5.60. The predicted octanol–water partition coefficient (Wildman–Crippen LogP) is 5.52. The van der Waals surface area contributed by atoms with E-state index in [1.54, 1.807) is 0 Å². The van der Waals surface area contributed by atoms with Crippen LogP contribution in [0.3, 0.4) is 0 Å². The second-order valence-corrected chi connectivity index (χ2v) is 8.05. The van der Waals surface area contributed by atoms with Crippen LogP contribution in [0.15, 0.2) is 60.8 Å². The van der Waals surface area contributed by atoms with Gasteiger partial charge >= 0.3 is 12.1 Å². The van der Waals surface area contributed by atoms with Crippen LogP contribution in [0.2, 0.25) is 0 Å². The van der Waals surface area contributed by atoms with Gasteiger partial charge in [0.05, 0.1) is 0 Å². The number of rotatable bonds is 11. The fourth-order valence-corrected chi connectivity index (χ4v) is 3.56. The van der Waals surface area contributed by atoms with Crippen molar-refractivity contribution >= 4 is 23.0 Å². The number of benzene rings is 2. The normalized spacial score (nSPS) is 11.3. The number of unbranched alkanes of at least 4 members (excludes halogenated alkanes) is 3. The molecule has 0 radical (unpaired) electrons. The molecular formula is C28H32N2O4. The Hall–Kier alpha value is -3.72. The average molecular weight is 461 g/mol. The lowest BCUT2D eigenvalue weighted by atomic mass is 10.1. The van der Waals surface area contributed by atoms with Gasteiger partial charge in [0.2, 0.25) is 0 Å². The Kier molecular flexibility index (Phi) is 10.1. The van der Waals surface area contributed by atoms with Crippen molar-refractivity contribution in [2.75, 3.05) is 6.61 Å². The molecule has 2 N–H and O–H groups in total. The summed E-state index contributed by atoms with van der Waals surface area (Å²) in [4.78, 5) is 28.5. The summed E-state index contributed by atoms with van der Waals surface area (Å²) in [5.41, 5.74) is 2.76. The molecule has 6 nitrogen and oxygen atoms in total. The zero-order chi connectivity index (χ0) is 24.0. The fraction of sp³-hybridized carbons (Fsp3) is 0.357. The lowest BCUT2D eigenvalue weighted by molar-refractivity contribution is -0.147. The molecule has 2 aromatic carbocycles. The summed E-state index contributed by atoms with van der Waals surface area (Å²) in [6.45, 7) is 2.46. The summed E-state index contributed by atoms with van der Waals surface area (Å²) in [6, 6.07) is 16.4. The van der Waals surface area contributed by atoms with E-state index in [2.05, 4.69) is 29.1 Å². The van der Waals surface area contributed by atoms with Gasteiger partial charge in [0.1, 0.15) is 19.3 Å². The van der Waals surface area contributed by atoms with Crippen LogP contribution in [-0.4, -0.2) is 29.7 Å². The number of esters is 1. The zero-order valence-electron chi connectivity index (χ0n) is 19.6. The highest BCUT2D eigenvalue weighted by molar-refractivity contribution is 5.86. The first-order chi connectivity index (χ1) is 16.7. The number of amides is 1. The van der Waals surface area contributed by atoms with Gasteiger partial charge in [0.15, 0.2) is 0 Å². The average Bonchev–Trinajstić information content (AvgIpc) is 3.27. The van der Waals surface area contributed by atoms with Gasteiger partial charge in [-0.05, 0) is 23.6 Å². The molecule has 3 aromatic rings. The van der Waals surface area contributed by atoms with E-state index in [0.717, 1.165) is 34.9 Å². The van der Waals surface area contributed by atoms with Gasteiger partial charge in [-0.25, -0.2) is 9.59 Å². The van der Waals surface area contributed by atoms with Crippen LogP contribution in [0.1, 0.15) is 50.2 Å². The van der Waals surface area contributed by atoms with Crippen LogP contribution in [0, 0.1) is 11.8 Å². The molecule has 34 heavy (non-hydrogen) atoms. The summed E-state index contributed by atoms with van der Waals surface area (Å²) >= 11 is 0. The van der Waals surface area contributed by atoms with E-state index < -0.39 is 18.1 Å². The number of nitrogens with one attached hydrogen (secondary N) is 2. The molecular weight excluding hydrogens is 428 g/mol. The van der Waals surface area contributed by atoms with E-state index >= 15 is 0 Å². The Bertz CT molecular complexity index is 1110. The van der Waals surface area contributed by atoms with Crippen molar-refractivity contribution in [3.8, 4) is 11.8 Å². The van der Waals surface area contributed by atoms with Crippen LogP contribution >= 0.6 is 0 Å². The quantitative estimate of drug-likeness (QED) is 0.224. The molecule has 0 aliphatic heterocycles. The minimum atomic E-state index is -0.879. The topological polar surface area (TPSA) is 80.4 Å². The van der Waals surface area contributed by atoms with E-state index in [9.17, 15) is 9.59 Å². The van der Waals surface area contributed by atoms with Crippen LogP contribution in [0.5, 0.6) is 0 Å². The monoisotopic (exact) mass is 460 g/mol. The van der Waals surface area contributed by atoms with Gasteiger partial charge in [-0.15, -0.1) is 5.92 Å². The molecule has 1 amide bonds. The number of aromatic nitrogens is 1. The Morgan fingerprint density at radius 3 is 2.56 bits per heavy atom. The lowest BCUT2D eigenvalue weighted by Crippen LogP contribution is -2.43. The van der Waals surface area contributed by atoms with Crippen LogP contribution in [-0.2, 0) is 27.3 Å². The maximum atomic E-state index is 12.9. The predicted molar refractivity (Wildman–Crippen MR) is 133 cm³/mol. The van der Waals surface area contributed by atoms with Gasteiger partial charge in [-0.2, -0.15) is 0 Å². The Labute approximate surface area is 201 Å². The SMILES string of the molecule is CCCCCC#CCCOC(=O)NC(Cc1c[nH]c2ccccc12)C(=O)OCc1ccccc1. The number of carbonyl (C=O) groups excluding carboxylic acids is 2. The smallest absolute Gasteiger partial charge is 0.407 e. The van der Waals surface area contributed by atoms with Crippen molar-refractivity contribution in [3.63, 3.8) is 0 Å². The first kappa shape index (κ1) is 24.9. The third-order valence-electron chi connectivity index (χ3n) is 5.39. The van der Waals surface area contributed by atoms with Crippen molar-refractivity contribution in [2.24, 2.45) is 0 Å². The molecule has 0 aliphatic carbocycles. The second kappa shape index (κ2) is 13.7. The Morgan fingerprint density at radius 1 is 0.971 bits per heavy atom. The van der Waals surface area contributed by atoms with Crippen LogP contribution in [0.25, 0.3) is 10.9 Å². The summed E-state index contributed by atoms with van der Waals surface area (Å²) in [5, 5.41) is 3.67. The number of alkyl carbamates (subject to hydrolysis) is 1. The Morgan fingerprint density at radius 2 is 1.74 bits per heavy atom. The van der Waals surface area contributed by atoms with E-state index in [0.29, 0.717) is 6.42 Å². The third-order valence-corrected chi connectivity index (χ3v) is 5.39. The molecule has 0 spiro atoms. The highest BCUT2D eigenvalue weighted by Gasteiger charge is 2.25. The molecule has 1 heterocycles. The van der Waals surface area contributed by atoms with Gasteiger partial charge in [-0.3, -0.25) is 0 Å². The number of H-pyrrole nitrogens is 1. The highest BCUT2D eigenvalue weighted by Crippen LogP contribution is 2.19. The number of ether oxygens (including phenoxy) is 2. The third kappa shape index (κ3) is 8.00. The minimum Gasteiger partial charge on any atom is -0.459 e. The molecule has 3 rings (SSSR count). The van der Waals surface area contributed by atoms with Crippen LogP contribution in [0.4, 0.5) is 4.79 Å². The highest BCUT2D eigenvalue weighted by atomic mass is 16.6. The largest absolute Gasteiger partial charge is 0.459 e. The number of hydrogen-bond donors (Lipinski definition) is 2. The number of carbonyl (C=O) groups is 2. The molecule has 1 atom stereocenters. The van der Waals surface area contributed by atoms with Crippen molar-refractivity contribution in [1.82, 2.24) is 10.3 Å². The number of hydrogen-bond acceptors (Lipinski definition) is 4. The maximum Gasteiger partial charge on any atom is 0.407 e. The lowest BCUT2D eigenvalue weighted by Gasteiger charge is -2.17. The maximum absolute atomic E-state index is 12.9. The van der Waals surface area contributed by atoms with E-state index in [1.807, 2.05) is 60.8 Å². The summed E-state index contributed by atoms with van der Waals surface area (Å²) in [7, 11) is 0. The molecule has 1 unspecified atom stereocenters. The summed E-state index contributed by atoms with van der Waals surface area (Å²) < 4.78 is 10.8. The molecule has 6 heteroatoms. The summed E-state index contributed by atoms with van der Waals surface area (Å²) in [6.07, 6.45) is 6.22. The number of aromatic amines is 1. The fourth-order valence-electron chi connectivity index (χ4n) is 3.56. The standard InChI is InChI=1S/C28H32N2O4/c1-2-3-4-5-6-7-13-18-33-28(32)30-26(27(31)34-21-22-14-9-8-10-15-22)19-23-20-29-25-17-12-11-16-24(23)25/h8-12,14-17,20,26,29H,2-5,13,18-19,21H2,1H3,(H,30,32). The number of fused-ring (bicyclic) bond motifs is 1. The number of para-hydroxylation sites is 1. The molecule has 0 saturated carbocycles. The first-order valence-corrected chi connectivity index (χ1v) is 11.8. The van der Waals surface area contributed by atoms with Crippen molar-refractivity contribution in [1.29, 1.82) is 0 Å². The van der Waals surface area contributed by atoms with Crippen LogP contribution < -0.4 is 5.32 Å². The van der Waals surface area contributed by atoms with E-state index in [4.69, 9.17) is 9.47 Å². The first-order valence-electron chi connectivity index (χ1n) is 11.8. The molecule has 1 aromatic heterocycles. The van der Waals surface area contributed by atoms with Crippen molar-refractivity contribution < 1.29 is 19.1 Å². The van der Waals surface area contributed by atoms with Gasteiger partial charge < -0.3 is 19.8 Å². The molecule has 0 saturated heterocycles. The van der Waals surface area contributed by atoms with Gasteiger partial charge in [-0.1, -0.05) is 74.2 Å². The minimum absolute atomic E-state index is 0.133. The van der Waals surface area contributed by atoms with E-state index in [1.165, 1.54) is 12.8 Å². The van der Waals surface area contributed by atoms with E-state index in [-0.39, 0.29) is 19.6 Å². The molecule has 0 fully saturated rings. The van der Waals surface area contributed by atoms with Crippen molar-refractivity contribution in [3.05, 3.63) is 71.9 Å².